The first-order valence-electron chi connectivity index (χ1n) is 7.50. The Kier molecular flexibility index (Phi) is 3.87. The van der Waals surface area contributed by atoms with Crippen LogP contribution < -0.4 is 5.32 Å². The molecule has 0 atom stereocenters. The van der Waals surface area contributed by atoms with Crippen LogP contribution in [-0.2, 0) is 17.2 Å². The summed E-state index contributed by atoms with van der Waals surface area (Å²) in [6, 6.07) is 4.92. The molecule has 1 aliphatic heterocycles. The minimum atomic E-state index is -0.209. The number of anilines is 2. The summed E-state index contributed by atoms with van der Waals surface area (Å²) in [5.74, 6) is 1.41. The molecule has 118 valence electrons. The Balaban J connectivity index is 1.85. The van der Waals surface area contributed by atoms with Crippen molar-refractivity contribution in [1.82, 2.24) is 14.8 Å². The molecule has 1 N–H and O–H groups in total. The van der Waals surface area contributed by atoms with E-state index in [9.17, 15) is 4.39 Å². The molecule has 2 aromatic rings. The van der Waals surface area contributed by atoms with Crippen LogP contribution in [0.3, 0.4) is 0 Å². The van der Waals surface area contributed by atoms with Crippen LogP contribution >= 0.6 is 0 Å². The van der Waals surface area contributed by atoms with Crippen molar-refractivity contribution in [2.24, 2.45) is 7.05 Å². The highest BCUT2D eigenvalue weighted by molar-refractivity contribution is 5.54. The van der Waals surface area contributed by atoms with Crippen LogP contribution in [0.5, 0.6) is 0 Å². The molecule has 0 bridgehead atoms. The van der Waals surface area contributed by atoms with Crippen LogP contribution in [-0.4, -0.2) is 28.0 Å². The van der Waals surface area contributed by atoms with Gasteiger partial charge in [-0.25, -0.2) is 4.39 Å². The van der Waals surface area contributed by atoms with E-state index in [0.29, 0.717) is 11.5 Å². The Morgan fingerprint density at radius 1 is 1.27 bits per heavy atom. The summed E-state index contributed by atoms with van der Waals surface area (Å²) in [7, 11) is 1.95. The van der Waals surface area contributed by atoms with E-state index in [-0.39, 0.29) is 11.2 Å². The van der Waals surface area contributed by atoms with Gasteiger partial charge in [0.15, 0.2) is 0 Å². The lowest BCUT2D eigenvalue weighted by Gasteiger charge is -2.32. The van der Waals surface area contributed by atoms with Gasteiger partial charge in [0, 0.05) is 31.4 Å². The van der Waals surface area contributed by atoms with Crippen LogP contribution in [0.1, 0.15) is 31.2 Å². The maximum atomic E-state index is 13.3. The predicted octanol–water partition coefficient (Wildman–Crippen LogP) is 3.07. The fraction of sp³-hybridized carbons (Fsp3) is 0.500. The third kappa shape index (κ3) is 2.70. The molecule has 3 rings (SSSR count). The van der Waals surface area contributed by atoms with Crippen molar-refractivity contribution in [1.29, 1.82) is 0 Å². The highest BCUT2D eigenvalue weighted by atomic mass is 19.1. The number of benzene rings is 1. The summed E-state index contributed by atoms with van der Waals surface area (Å²) in [5, 5.41) is 11.8. The largest absolute Gasteiger partial charge is 0.381 e. The molecule has 1 aromatic carbocycles. The molecule has 22 heavy (non-hydrogen) atoms. The molecule has 5 nitrogen and oxygen atoms in total. The maximum absolute atomic E-state index is 13.3. The Morgan fingerprint density at radius 2 is 2.00 bits per heavy atom. The quantitative estimate of drug-likeness (QED) is 0.947. The van der Waals surface area contributed by atoms with Crippen molar-refractivity contribution in [3.63, 3.8) is 0 Å². The lowest BCUT2D eigenvalue weighted by Crippen LogP contribution is -2.33. The molecule has 1 aliphatic rings. The van der Waals surface area contributed by atoms with Gasteiger partial charge in [0.05, 0.1) is 0 Å². The van der Waals surface area contributed by atoms with Crippen molar-refractivity contribution < 1.29 is 9.13 Å². The number of halogens is 1. The van der Waals surface area contributed by atoms with E-state index in [4.69, 9.17) is 4.74 Å². The lowest BCUT2D eigenvalue weighted by molar-refractivity contribution is 0.0525. The van der Waals surface area contributed by atoms with Gasteiger partial charge in [0.1, 0.15) is 11.6 Å². The van der Waals surface area contributed by atoms with Gasteiger partial charge >= 0.3 is 0 Å². The van der Waals surface area contributed by atoms with Gasteiger partial charge in [-0.2, -0.15) is 0 Å². The average Bonchev–Trinajstić information content (AvgIpc) is 2.86. The van der Waals surface area contributed by atoms with E-state index in [1.54, 1.807) is 19.1 Å². The summed E-state index contributed by atoms with van der Waals surface area (Å²) in [5.41, 5.74) is 1.39. The summed E-state index contributed by atoms with van der Waals surface area (Å²) in [4.78, 5) is 0. The van der Waals surface area contributed by atoms with Gasteiger partial charge in [0.25, 0.3) is 0 Å². The van der Waals surface area contributed by atoms with Crippen LogP contribution in [0.2, 0.25) is 0 Å². The molecule has 2 heterocycles. The highest BCUT2D eigenvalue weighted by Crippen LogP contribution is 2.33. The normalized spacial score (nSPS) is 17.5. The molecular formula is C16H21FN4O. The standard InChI is InChI=1S/C16H21FN4O/c1-11-10-12(4-5-13(11)17)18-15-20-19-14(21(15)3)16(2)6-8-22-9-7-16/h4-5,10H,6-9H2,1-3H3,(H,18,20). The first-order valence-corrected chi connectivity index (χ1v) is 7.50. The van der Waals surface area contributed by atoms with Gasteiger partial charge in [-0.15, -0.1) is 10.2 Å². The zero-order chi connectivity index (χ0) is 15.7. The topological polar surface area (TPSA) is 52.0 Å². The summed E-state index contributed by atoms with van der Waals surface area (Å²) in [6.07, 6.45) is 1.88. The van der Waals surface area contributed by atoms with Gasteiger partial charge in [-0.1, -0.05) is 6.92 Å². The smallest absolute Gasteiger partial charge is 0.228 e. The molecule has 1 fully saturated rings. The Hall–Kier alpha value is -1.95. The second-order valence-electron chi connectivity index (χ2n) is 6.17. The maximum Gasteiger partial charge on any atom is 0.228 e. The number of aromatic nitrogens is 3. The Morgan fingerprint density at radius 3 is 2.68 bits per heavy atom. The van der Waals surface area contributed by atoms with Crippen LogP contribution in [0.25, 0.3) is 0 Å². The zero-order valence-corrected chi connectivity index (χ0v) is 13.2. The SMILES string of the molecule is Cc1cc(Nc2nnc(C3(C)CCOCC3)n2C)ccc1F. The molecule has 0 spiro atoms. The van der Waals surface area contributed by atoms with Gasteiger partial charge in [0.2, 0.25) is 5.95 Å². The van der Waals surface area contributed by atoms with Crippen molar-refractivity contribution in [2.75, 3.05) is 18.5 Å². The summed E-state index contributed by atoms with van der Waals surface area (Å²) < 4.78 is 20.8. The van der Waals surface area contributed by atoms with E-state index in [0.717, 1.165) is 37.6 Å². The Labute approximate surface area is 129 Å². The molecule has 6 heteroatoms. The Bertz CT molecular complexity index is 677. The van der Waals surface area contributed by atoms with E-state index in [1.807, 2.05) is 11.6 Å². The molecule has 1 saturated heterocycles. The second-order valence-corrected chi connectivity index (χ2v) is 6.17. The summed E-state index contributed by atoms with van der Waals surface area (Å²) in [6.45, 7) is 5.45. The third-order valence-corrected chi connectivity index (χ3v) is 4.43. The minimum Gasteiger partial charge on any atom is -0.381 e. The molecule has 0 aliphatic carbocycles. The summed E-state index contributed by atoms with van der Waals surface area (Å²) >= 11 is 0. The number of hydrogen-bond donors (Lipinski definition) is 1. The van der Waals surface area contributed by atoms with Crippen molar-refractivity contribution >= 4 is 11.6 Å². The zero-order valence-electron chi connectivity index (χ0n) is 13.2. The number of aryl methyl sites for hydroxylation is 1. The van der Waals surface area contributed by atoms with E-state index < -0.39 is 0 Å². The van der Waals surface area contributed by atoms with Crippen LogP contribution in [0.4, 0.5) is 16.0 Å². The van der Waals surface area contributed by atoms with Crippen molar-refractivity contribution in [3.8, 4) is 0 Å². The minimum absolute atomic E-state index is 0.0152. The van der Waals surface area contributed by atoms with E-state index >= 15 is 0 Å². The van der Waals surface area contributed by atoms with Gasteiger partial charge in [-0.3, -0.25) is 4.57 Å². The molecule has 0 unspecified atom stereocenters. The second kappa shape index (κ2) is 5.68. The van der Waals surface area contributed by atoms with Crippen LogP contribution in [0.15, 0.2) is 18.2 Å². The number of hydrogen-bond acceptors (Lipinski definition) is 4. The molecular weight excluding hydrogens is 283 g/mol. The highest BCUT2D eigenvalue weighted by Gasteiger charge is 2.34. The number of rotatable bonds is 3. The van der Waals surface area contributed by atoms with Gasteiger partial charge < -0.3 is 10.1 Å². The molecule has 0 saturated carbocycles. The monoisotopic (exact) mass is 304 g/mol. The first kappa shape index (κ1) is 15.0. The van der Waals surface area contributed by atoms with Crippen molar-refractivity contribution in [3.05, 3.63) is 35.4 Å². The fourth-order valence-electron chi connectivity index (χ4n) is 2.86. The third-order valence-electron chi connectivity index (χ3n) is 4.43. The molecule has 0 amide bonds. The van der Waals surface area contributed by atoms with E-state index in [2.05, 4.69) is 22.4 Å². The average molecular weight is 304 g/mol. The first-order chi connectivity index (χ1) is 10.5. The predicted molar refractivity (Wildman–Crippen MR) is 82.8 cm³/mol. The van der Waals surface area contributed by atoms with Crippen molar-refractivity contribution in [2.45, 2.75) is 32.1 Å². The fourth-order valence-corrected chi connectivity index (χ4v) is 2.86. The molecule has 1 aromatic heterocycles. The van der Waals surface area contributed by atoms with Gasteiger partial charge in [-0.05, 0) is 43.5 Å². The number of ether oxygens (including phenoxy) is 1. The number of nitrogens with zero attached hydrogens (tertiary/aromatic N) is 3. The molecule has 0 radical (unpaired) electrons. The van der Waals surface area contributed by atoms with Crippen LogP contribution in [0, 0.1) is 12.7 Å². The lowest BCUT2D eigenvalue weighted by atomic mass is 9.81. The van der Waals surface area contributed by atoms with E-state index in [1.165, 1.54) is 6.07 Å². The number of nitrogens with one attached hydrogen (secondary N) is 1.